The fraction of sp³-hybridized carbons (Fsp3) is 0.583. The molecule has 2 aromatic carbocycles. The van der Waals surface area contributed by atoms with Crippen LogP contribution < -0.4 is 0 Å². The maximum Gasteiger partial charge on any atom is -0.00388 e. The Morgan fingerprint density at radius 3 is 2.12 bits per heavy atom. The molecule has 24 heavy (non-hydrogen) atoms. The molecule has 4 aliphatic carbocycles. The molecule has 0 saturated heterocycles. The lowest BCUT2D eigenvalue weighted by molar-refractivity contribution is -0.00512. The molecule has 0 amide bonds. The third kappa shape index (κ3) is 2.41. The van der Waals surface area contributed by atoms with Gasteiger partial charge in [-0.2, -0.15) is 0 Å². The molecule has 0 unspecified atom stereocenters. The summed E-state index contributed by atoms with van der Waals surface area (Å²) in [5, 5.41) is 2.90. The first-order valence-corrected chi connectivity index (χ1v) is 10.3. The van der Waals surface area contributed by atoms with Crippen LogP contribution in [-0.2, 0) is 11.8 Å². The Hall–Kier alpha value is -1.30. The van der Waals surface area contributed by atoms with Crippen LogP contribution in [0.1, 0.15) is 69.4 Å². The highest BCUT2D eigenvalue weighted by Gasteiger charge is 2.51. The minimum atomic E-state index is 0.532. The Kier molecular flexibility index (Phi) is 3.51. The Morgan fingerprint density at radius 1 is 0.833 bits per heavy atom. The zero-order valence-corrected chi connectivity index (χ0v) is 15.1. The van der Waals surface area contributed by atoms with Crippen LogP contribution in [0.25, 0.3) is 10.8 Å². The largest absolute Gasteiger partial charge is 0.0654 e. The molecule has 2 aromatic rings. The van der Waals surface area contributed by atoms with E-state index < -0.39 is 0 Å². The number of rotatable bonds is 4. The van der Waals surface area contributed by atoms with Crippen LogP contribution in [-0.4, -0.2) is 0 Å². The van der Waals surface area contributed by atoms with Gasteiger partial charge in [-0.25, -0.2) is 0 Å². The van der Waals surface area contributed by atoms with Gasteiger partial charge >= 0.3 is 0 Å². The molecule has 126 valence electrons. The zero-order chi connectivity index (χ0) is 16.1. The average Bonchev–Trinajstić information content (AvgIpc) is 2.58. The van der Waals surface area contributed by atoms with Crippen LogP contribution in [0.15, 0.2) is 36.4 Å². The van der Waals surface area contributed by atoms with Crippen molar-refractivity contribution in [2.75, 3.05) is 0 Å². The Balaban J connectivity index is 1.49. The van der Waals surface area contributed by atoms with Crippen molar-refractivity contribution in [3.63, 3.8) is 0 Å². The summed E-state index contributed by atoms with van der Waals surface area (Å²) < 4.78 is 0. The SMILES string of the molecule is CCCCc1ccc2cc(C34CC5CC(CC(C5)C3)C4)ccc2c1. The summed E-state index contributed by atoms with van der Waals surface area (Å²) in [6, 6.07) is 14.6. The van der Waals surface area contributed by atoms with Crippen molar-refractivity contribution >= 4 is 10.8 Å². The summed E-state index contributed by atoms with van der Waals surface area (Å²) >= 11 is 0. The Morgan fingerprint density at radius 2 is 1.46 bits per heavy atom. The monoisotopic (exact) mass is 318 g/mol. The highest BCUT2D eigenvalue weighted by molar-refractivity contribution is 5.84. The fourth-order valence-electron chi connectivity index (χ4n) is 6.63. The van der Waals surface area contributed by atoms with E-state index in [-0.39, 0.29) is 0 Å². The van der Waals surface area contributed by atoms with Gasteiger partial charge in [-0.1, -0.05) is 49.7 Å². The van der Waals surface area contributed by atoms with Crippen molar-refractivity contribution < 1.29 is 0 Å². The first kappa shape index (κ1) is 15.0. The summed E-state index contributed by atoms with van der Waals surface area (Å²) in [7, 11) is 0. The summed E-state index contributed by atoms with van der Waals surface area (Å²) in [4.78, 5) is 0. The van der Waals surface area contributed by atoms with Gasteiger partial charge in [0.15, 0.2) is 0 Å². The molecular weight excluding hydrogens is 288 g/mol. The Labute approximate surface area is 146 Å². The van der Waals surface area contributed by atoms with E-state index in [9.17, 15) is 0 Å². The van der Waals surface area contributed by atoms with E-state index in [1.54, 1.807) is 5.56 Å². The third-order valence-electron chi connectivity index (χ3n) is 7.37. The van der Waals surface area contributed by atoms with E-state index >= 15 is 0 Å². The van der Waals surface area contributed by atoms with Crippen molar-refractivity contribution in [1.82, 2.24) is 0 Å². The summed E-state index contributed by atoms with van der Waals surface area (Å²) in [5.74, 6) is 3.09. The lowest BCUT2D eigenvalue weighted by atomic mass is 9.48. The van der Waals surface area contributed by atoms with Gasteiger partial charge in [0.1, 0.15) is 0 Å². The minimum absolute atomic E-state index is 0.532. The van der Waals surface area contributed by atoms with Crippen molar-refractivity contribution in [1.29, 1.82) is 0 Å². The maximum atomic E-state index is 2.55. The lowest BCUT2D eigenvalue weighted by Gasteiger charge is -2.57. The van der Waals surface area contributed by atoms with Crippen LogP contribution in [0, 0.1) is 17.8 Å². The first-order valence-electron chi connectivity index (χ1n) is 10.3. The summed E-state index contributed by atoms with van der Waals surface area (Å²) in [5.41, 5.74) is 3.70. The molecule has 4 bridgehead atoms. The zero-order valence-electron chi connectivity index (χ0n) is 15.1. The summed E-state index contributed by atoms with van der Waals surface area (Å²) in [6.45, 7) is 2.28. The van der Waals surface area contributed by atoms with Gasteiger partial charge in [0.05, 0.1) is 0 Å². The number of hydrogen-bond acceptors (Lipinski definition) is 0. The van der Waals surface area contributed by atoms with Gasteiger partial charge in [0, 0.05) is 0 Å². The van der Waals surface area contributed by atoms with E-state index in [2.05, 4.69) is 43.3 Å². The van der Waals surface area contributed by atoms with Crippen LogP contribution in [0.2, 0.25) is 0 Å². The molecule has 6 rings (SSSR count). The van der Waals surface area contributed by atoms with E-state index in [0.717, 1.165) is 17.8 Å². The topological polar surface area (TPSA) is 0 Å². The van der Waals surface area contributed by atoms with E-state index in [4.69, 9.17) is 0 Å². The molecular formula is C24H30. The quantitative estimate of drug-likeness (QED) is 0.592. The van der Waals surface area contributed by atoms with Gasteiger partial charge in [0.25, 0.3) is 0 Å². The summed E-state index contributed by atoms with van der Waals surface area (Å²) in [6.07, 6.45) is 12.8. The van der Waals surface area contributed by atoms with Gasteiger partial charge in [-0.15, -0.1) is 0 Å². The fourth-order valence-corrected chi connectivity index (χ4v) is 6.63. The standard InChI is InChI=1S/C24H30/c1-2-3-4-17-5-6-22-13-23(8-7-21(22)12-17)24-14-18-9-19(15-24)11-20(10-18)16-24/h5-8,12-13,18-20H,2-4,9-11,14-16H2,1H3. The number of aryl methyl sites for hydroxylation is 1. The highest BCUT2D eigenvalue weighted by Crippen LogP contribution is 2.60. The second-order valence-electron chi connectivity index (χ2n) is 9.20. The second-order valence-corrected chi connectivity index (χ2v) is 9.20. The van der Waals surface area contributed by atoms with Gasteiger partial charge < -0.3 is 0 Å². The molecule has 4 saturated carbocycles. The van der Waals surface area contributed by atoms with Crippen LogP contribution in [0.4, 0.5) is 0 Å². The van der Waals surface area contributed by atoms with Crippen molar-refractivity contribution in [3.8, 4) is 0 Å². The molecule has 0 aromatic heterocycles. The molecule has 0 radical (unpaired) electrons. The maximum absolute atomic E-state index is 2.55. The Bertz CT molecular complexity index is 718. The van der Waals surface area contributed by atoms with Crippen LogP contribution >= 0.6 is 0 Å². The van der Waals surface area contributed by atoms with Crippen molar-refractivity contribution in [2.24, 2.45) is 17.8 Å². The molecule has 0 atom stereocenters. The molecule has 0 spiro atoms. The molecule has 0 heterocycles. The molecule has 0 heteroatoms. The predicted molar refractivity (Wildman–Crippen MR) is 102 cm³/mol. The molecule has 0 nitrogen and oxygen atoms in total. The number of hydrogen-bond donors (Lipinski definition) is 0. The predicted octanol–water partition coefficient (Wildman–Crippen LogP) is 6.65. The van der Waals surface area contributed by atoms with Gasteiger partial charge in [0.2, 0.25) is 0 Å². The van der Waals surface area contributed by atoms with Crippen molar-refractivity contribution in [3.05, 3.63) is 47.5 Å². The number of fused-ring (bicyclic) bond motifs is 1. The van der Waals surface area contributed by atoms with E-state index in [0.29, 0.717) is 5.41 Å². The molecule has 4 aliphatic rings. The van der Waals surface area contributed by atoms with Gasteiger partial charge in [-0.3, -0.25) is 0 Å². The molecule has 4 fully saturated rings. The number of benzene rings is 2. The third-order valence-corrected chi connectivity index (χ3v) is 7.37. The van der Waals surface area contributed by atoms with E-state index in [1.165, 1.54) is 74.1 Å². The number of unbranched alkanes of at least 4 members (excludes halogenated alkanes) is 1. The second kappa shape index (κ2) is 5.61. The highest BCUT2D eigenvalue weighted by atomic mass is 14.6. The van der Waals surface area contributed by atoms with Crippen LogP contribution in [0.3, 0.4) is 0 Å². The lowest BCUT2D eigenvalue weighted by Crippen LogP contribution is -2.48. The van der Waals surface area contributed by atoms with Crippen LogP contribution in [0.5, 0.6) is 0 Å². The van der Waals surface area contributed by atoms with E-state index in [1.807, 2.05) is 0 Å². The van der Waals surface area contributed by atoms with Gasteiger partial charge in [-0.05, 0) is 96.4 Å². The smallest absolute Gasteiger partial charge is 0.00388 e. The molecule has 0 N–H and O–H groups in total. The minimum Gasteiger partial charge on any atom is -0.0654 e. The molecule has 0 aliphatic heterocycles. The average molecular weight is 319 g/mol. The van der Waals surface area contributed by atoms with Crippen molar-refractivity contribution in [2.45, 2.75) is 70.1 Å². The first-order chi connectivity index (χ1) is 11.7. The normalized spacial score (nSPS) is 34.1.